The van der Waals surface area contributed by atoms with E-state index in [1.54, 1.807) is 24.3 Å². The lowest BCUT2D eigenvalue weighted by Gasteiger charge is -2.63. The smallest absolute Gasteiger partial charge is 0.312 e. The van der Waals surface area contributed by atoms with E-state index in [9.17, 15) is 14.7 Å². The zero-order chi connectivity index (χ0) is 26.6. The third kappa shape index (κ3) is 3.92. The third-order valence-electron chi connectivity index (χ3n) is 10.5. The molecule has 1 aromatic carbocycles. The average Bonchev–Trinajstić information content (AvgIpc) is 3.00. The van der Waals surface area contributed by atoms with Crippen molar-refractivity contribution in [2.24, 2.45) is 33.8 Å². The number of hydrogen-bond acceptors (Lipinski definition) is 6. The second-order valence-corrected chi connectivity index (χ2v) is 12.4. The zero-order valence-electron chi connectivity index (χ0n) is 22.1. The molecular weight excluding hydrogens is 468 g/mol. The normalized spacial score (nSPS) is 38.5. The van der Waals surface area contributed by atoms with Gasteiger partial charge in [0.1, 0.15) is 11.6 Å². The molecule has 37 heavy (non-hydrogen) atoms. The molecule has 7 nitrogen and oxygen atoms in total. The van der Waals surface area contributed by atoms with Gasteiger partial charge in [0.05, 0.1) is 24.2 Å². The van der Waals surface area contributed by atoms with Gasteiger partial charge in [0, 0.05) is 23.0 Å². The number of benzene rings is 1. The van der Waals surface area contributed by atoms with Gasteiger partial charge in [0.15, 0.2) is 5.78 Å². The number of amidine groups is 1. The highest BCUT2D eigenvalue weighted by molar-refractivity contribution is 6.04. The summed E-state index contributed by atoms with van der Waals surface area (Å²) in [6.07, 6.45) is 6.74. The number of nitrogen functional groups attached to an aromatic ring is 1. The fraction of sp³-hybridized carbons (Fsp3) is 0.633. The van der Waals surface area contributed by atoms with Crippen LogP contribution in [-0.2, 0) is 14.3 Å². The van der Waals surface area contributed by atoms with Crippen molar-refractivity contribution in [3.63, 3.8) is 0 Å². The van der Waals surface area contributed by atoms with Crippen LogP contribution in [0.5, 0.6) is 5.75 Å². The molecule has 6 atom stereocenters. The van der Waals surface area contributed by atoms with Crippen molar-refractivity contribution in [1.82, 2.24) is 0 Å². The highest BCUT2D eigenvalue weighted by Crippen LogP contribution is 2.71. The van der Waals surface area contributed by atoms with Gasteiger partial charge in [-0.15, -0.1) is 0 Å². The number of fused-ring (bicyclic) bond motifs is 3. The summed E-state index contributed by atoms with van der Waals surface area (Å²) < 4.78 is 11.6. The van der Waals surface area contributed by atoms with Crippen LogP contribution in [0.15, 0.2) is 36.4 Å². The molecule has 5 rings (SSSR count). The first-order valence-corrected chi connectivity index (χ1v) is 13.7. The Labute approximate surface area is 219 Å². The maximum absolute atomic E-state index is 13.5. The van der Waals surface area contributed by atoms with Crippen molar-refractivity contribution in [2.75, 3.05) is 13.2 Å². The molecule has 1 aromatic rings. The second-order valence-electron chi connectivity index (χ2n) is 12.4. The maximum Gasteiger partial charge on any atom is 0.312 e. The summed E-state index contributed by atoms with van der Waals surface area (Å²) >= 11 is 0. The standard InChI is InChI=1S/C30H40N2O5/c1-19-24(33)29-14-10-22-27(2,23(29)11-15-30(19,35)18-29)12-4-13-28(22,3)26(34)37-17-5-16-36-21-8-6-20(7-9-21)25(31)32/h6-9,22-23,35H,1,4-5,10-18H2,2-3H3,(H3,31,32)/t22-,23-,27+,28+,29+,30-/m0/s1. The van der Waals surface area contributed by atoms with Crippen LogP contribution in [0.25, 0.3) is 0 Å². The molecule has 0 unspecified atom stereocenters. The molecule has 4 fully saturated rings. The fourth-order valence-electron chi connectivity index (χ4n) is 8.67. The number of carbonyl (C=O) groups is 2. The topological polar surface area (TPSA) is 123 Å². The van der Waals surface area contributed by atoms with Crippen molar-refractivity contribution in [1.29, 1.82) is 5.41 Å². The average molecular weight is 509 g/mol. The Balaban J connectivity index is 1.21. The summed E-state index contributed by atoms with van der Waals surface area (Å²) in [5.74, 6) is 0.958. The highest BCUT2D eigenvalue weighted by atomic mass is 16.5. The first-order chi connectivity index (χ1) is 17.5. The molecule has 0 saturated heterocycles. The summed E-state index contributed by atoms with van der Waals surface area (Å²) in [4.78, 5) is 27.0. The Bertz CT molecular complexity index is 1130. The van der Waals surface area contributed by atoms with Gasteiger partial charge >= 0.3 is 5.97 Å². The van der Waals surface area contributed by atoms with Crippen LogP contribution in [0.4, 0.5) is 0 Å². The number of ether oxygens (including phenoxy) is 2. The van der Waals surface area contributed by atoms with Gasteiger partial charge in [0.25, 0.3) is 0 Å². The minimum absolute atomic E-state index is 0.0178. The molecular formula is C30H40N2O5. The summed E-state index contributed by atoms with van der Waals surface area (Å²) in [5, 5.41) is 18.6. The van der Waals surface area contributed by atoms with E-state index in [0.717, 1.165) is 38.5 Å². The van der Waals surface area contributed by atoms with E-state index in [2.05, 4.69) is 20.4 Å². The molecule has 0 radical (unpaired) electrons. The summed E-state index contributed by atoms with van der Waals surface area (Å²) in [6.45, 7) is 9.07. The van der Waals surface area contributed by atoms with E-state index < -0.39 is 16.4 Å². The van der Waals surface area contributed by atoms with E-state index in [0.29, 0.717) is 49.4 Å². The van der Waals surface area contributed by atoms with Crippen LogP contribution in [-0.4, -0.2) is 41.5 Å². The van der Waals surface area contributed by atoms with E-state index in [-0.39, 0.29) is 34.8 Å². The van der Waals surface area contributed by atoms with Gasteiger partial charge in [-0.2, -0.15) is 0 Å². The molecule has 7 heteroatoms. The molecule has 0 amide bonds. The Kier molecular flexibility index (Phi) is 6.29. The van der Waals surface area contributed by atoms with E-state index >= 15 is 0 Å². The molecule has 4 aliphatic rings. The quantitative estimate of drug-likeness (QED) is 0.163. The number of esters is 1. The van der Waals surface area contributed by atoms with Crippen LogP contribution in [0.3, 0.4) is 0 Å². The largest absolute Gasteiger partial charge is 0.493 e. The minimum atomic E-state index is -1.04. The lowest BCUT2D eigenvalue weighted by atomic mass is 9.40. The molecule has 0 aliphatic heterocycles. The van der Waals surface area contributed by atoms with Gasteiger partial charge < -0.3 is 20.3 Å². The van der Waals surface area contributed by atoms with E-state index in [1.165, 1.54) is 0 Å². The van der Waals surface area contributed by atoms with Crippen LogP contribution in [0, 0.1) is 33.5 Å². The Hall–Kier alpha value is -2.67. The van der Waals surface area contributed by atoms with Crippen molar-refractivity contribution in [3.05, 3.63) is 42.0 Å². The third-order valence-corrected chi connectivity index (χ3v) is 10.5. The highest BCUT2D eigenvalue weighted by Gasteiger charge is 2.71. The molecule has 0 aromatic heterocycles. The summed E-state index contributed by atoms with van der Waals surface area (Å²) in [5.41, 5.74) is 4.27. The van der Waals surface area contributed by atoms with Crippen LogP contribution >= 0.6 is 0 Å². The van der Waals surface area contributed by atoms with Crippen molar-refractivity contribution in [2.45, 2.75) is 77.2 Å². The number of rotatable bonds is 7. The Morgan fingerprint density at radius 3 is 2.51 bits per heavy atom. The number of Topliss-reactive ketones (excluding diaryl/α,β-unsaturated/α-hetero) is 1. The van der Waals surface area contributed by atoms with Crippen LogP contribution in [0.2, 0.25) is 0 Å². The number of carbonyl (C=O) groups excluding carboxylic acids is 2. The number of nitrogens with two attached hydrogens (primary N) is 1. The maximum atomic E-state index is 13.5. The molecule has 4 N–H and O–H groups in total. The van der Waals surface area contributed by atoms with Gasteiger partial charge in [-0.05, 0) is 93.4 Å². The lowest BCUT2D eigenvalue weighted by Crippen LogP contribution is -2.60. The SMILES string of the molecule is C=C1C(=O)[C@@]23CC[C@H]4[C@@](C)(CCC[C@@]4(C)C(=O)OCCCOc4ccc(C(=N)N)cc4)[C@@H]2CC[C@]1(O)C3. The van der Waals surface area contributed by atoms with E-state index in [1.807, 2.05) is 0 Å². The number of aliphatic hydroxyl groups is 1. The molecule has 2 bridgehead atoms. The first-order valence-electron chi connectivity index (χ1n) is 13.7. The van der Waals surface area contributed by atoms with Gasteiger partial charge in [-0.3, -0.25) is 15.0 Å². The predicted octanol–water partition coefficient (Wildman–Crippen LogP) is 4.55. The van der Waals surface area contributed by atoms with Crippen molar-refractivity contribution < 1.29 is 24.2 Å². The molecule has 200 valence electrons. The zero-order valence-corrected chi connectivity index (χ0v) is 22.1. The number of hydrogen-bond donors (Lipinski definition) is 3. The molecule has 1 spiro atoms. The molecule has 4 aliphatic carbocycles. The Morgan fingerprint density at radius 1 is 1.11 bits per heavy atom. The monoisotopic (exact) mass is 508 g/mol. The lowest BCUT2D eigenvalue weighted by molar-refractivity contribution is -0.191. The van der Waals surface area contributed by atoms with Gasteiger partial charge in [-0.25, -0.2) is 0 Å². The first kappa shape index (κ1) is 26.0. The Morgan fingerprint density at radius 2 is 1.81 bits per heavy atom. The van der Waals surface area contributed by atoms with Gasteiger partial charge in [0.2, 0.25) is 0 Å². The summed E-state index contributed by atoms with van der Waals surface area (Å²) in [7, 11) is 0. The number of nitrogens with one attached hydrogen (secondary N) is 1. The molecule has 0 heterocycles. The van der Waals surface area contributed by atoms with Crippen molar-refractivity contribution in [3.8, 4) is 5.75 Å². The fourth-order valence-corrected chi connectivity index (χ4v) is 8.67. The number of ketones is 1. The summed E-state index contributed by atoms with van der Waals surface area (Å²) in [6, 6.07) is 7.04. The van der Waals surface area contributed by atoms with Crippen molar-refractivity contribution >= 4 is 17.6 Å². The van der Waals surface area contributed by atoms with E-state index in [4.69, 9.17) is 20.6 Å². The van der Waals surface area contributed by atoms with Gasteiger partial charge in [-0.1, -0.05) is 19.9 Å². The van der Waals surface area contributed by atoms with Crippen LogP contribution in [0.1, 0.15) is 77.2 Å². The minimum Gasteiger partial charge on any atom is -0.493 e. The predicted molar refractivity (Wildman–Crippen MR) is 140 cm³/mol. The van der Waals surface area contributed by atoms with Crippen LogP contribution < -0.4 is 10.5 Å². The molecule has 4 saturated carbocycles. The second kappa shape index (κ2) is 8.97.